The van der Waals surface area contributed by atoms with Gasteiger partial charge in [0.2, 0.25) is 0 Å². The minimum absolute atomic E-state index is 0.0237. The third-order valence-electron chi connectivity index (χ3n) is 1.96. The summed E-state index contributed by atoms with van der Waals surface area (Å²) in [7, 11) is 0. The highest BCUT2D eigenvalue weighted by Gasteiger charge is 2.16. The first kappa shape index (κ1) is 11.6. The van der Waals surface area contributed by atoms with Crippen LogP contribution < -0.4 is 0 Å². The van der Waals surface area contributed by atoms with Crippen LogP contribution in [0.15, 0.2) is 12.1 Å². The Bertz CT molecular complexity index is 351. The zero-order chi connectivity index (χ0) is 10.9. The number of hydrogen-bond acceptors (Lipinski definition) is 1. The zero-order valence-electron chi connectivity index (χ0n) is 7.77. The van der Waals surface area contributed by atoms with Crippen molar-refractivity contribution in [1.82, 2.24) is 0 Å². The van der Waals surface area contributed by atoms with Gasteiger partial charge in [0.05, 0.1) is 0 Å². The molecule has 0 N–H and O–H groups in total. The number of alkyl halides is 2. The molecule has 0 aromatic heterocycles. The predicted molar refractivity (Wildman–Crippen MR) is 58.9 cm³/mol. The van der Waals surface area contributed by atoms with E-state index < -0.39 is 6.43 Å². The van der Waals surface area contributed by atoms with Crippen molar-refractivity contribution in [3.8, 4) is 0 Å². The molecule has 1 rings (SSSR count). The lowest BCUT2D eigenvalue weighted by Crippen LogP contribution is -2.00. The van der Waals surface area contributed by atoms with Crippen molar-refractivity contribution in [2.24, 2.45) is 0 Å². The molecule has 0 aliphatic carbocycles. The van der Waals surface area contributed by atoms with Crippen LogP contribution in [-0.4, -0.2) is 5.78 Å². The third-order valence-corrected chi connectivity index (χ3v) is 2.85. The van der Waals surface area contributed by atoms with Crippen LogP contribution in [0, 0.1) is 10.5 Å². The van der Waals surface area contributed by atoms with Crippen molar-refractivity contribution in [1.29, 1.82) is 0 Å². The van der Waals surface area contributed by atoms with E-state index >= 15 is 0 Å². The average Bonchev–Trinajstić information content (AvgIpc) is 2.01. The van der Waals surface area contributed by atoms with Crippen LogP contribution >= 0.6 is 22.6 Å². The SMILES string of the molecule is CC(=O)c1cc(C)c(C(F)F)c(I)c1. The van der Waals surface area contributed by atoms with Gasteiger partial charge in [0, 0.05) is 14.7 Å². The van der Waals surface area contributed by atoms with E-state index in [4.69, 9.17) is 0 Å². The maximum Gasteiger partial charge on any atom is 0.265 e. The molecule has 0 saturated heterocycles. The minimum Gasteiger partial charge on any atom is -0.295 e. The van der Waals surface area contributed by atoms with Crippen LogP contribution in [0.2, 0.25) is 0 Å². The van der Waals surface area contributed by atoms with Crippen LogP contribution in [0.3, 0.4) is 0 Å². The molecule has 0 heterocycles. The number of rotatable bonds is 2. The van der Waals surface area contributed by atoms with Gasteiger partial charge in [-0.2, -0.15) is 0 Å². The van der Waals surface area contributed by atoms with Crippen molar-refractivity contribution in [2.45, 2.75) is 20.3 Å². The monoisotopic (exact) mass is 310 g/mol. The lowest BCUT2D eigenvalue weighted by molar-refractivity contribution is 0.101. The lowest BCUT2D eigenvalue weighted by atomic mass is 10.0. The van der Waals surface area contributed by atoms with Gasteiger partial charge in [-0.05, 0) is 54.1 Å². The Morgan fingerprint density at radius 1 is 1.43 bits per heavy atom. The maximum absolute atomic E-state index is 12.5. The number of aryl methyl sites for hydroxylation is 1. The number of carbonyl (C=O) groups excluding carboxylic acids is 1. The highest BCUT2D eigenvalue weighted by molar-refractivity contribution is 14.1. The first-order chi connectivity index (χ1) is 6.43. The number of carbonyl (C=O) groups is 1. The maximum atomic E-state index is 12.5. The summed E-state index contributed by atoms with van der Waals surface area (Å²) in [5.74, 6) is -0.105. The van der Waals surface area contributed by atoms with Gasteiger partial charge in [0.25, 0.3) is 6.43 Å². The molecule has 0 fully saturated rings. The van der Waals surface area contributed by atoms with Crippen LogP contribution in [-0.2, 0) is 0 Å². The molecule has 4 heteroatoms. The minimum atomic E-state index is -2.48. The van der Waals surface area contributed by atoms with Gasteiger partial charge >= 0.3 is 0 Å². The first-order valence-electron chi connectivity index (χ1n) is 4.02. The summed E-state index contributed by atoms with van der Waals surface area (Å²) in [4.78, 5) is 11.0. The molecule has 14 heavy (non-hydrogen) atoms. The zero-order valence-corrected chi connectivity index (χ0v) is 9.93. The number of halogens is 3. The van der Waals surface area contributed by atoms with E-state index in [9.17, 15) is 13.6 Å². The summed E-state index contributed by atoms with van der Waals surface area (Å²) in [6.07, 6.45) is -2.48. The van der Waals surface area contributed by atoms with Gasteiger partial charge in [-0.15, -0.1) is 0 Å². The molecule has 0 aliphatic heterocycles. The van der Waals surface area contributed by atoms with Gasteiger partial charge < -0.3 is 0 Å². The van der Waals surface area contributed by atoms with E-state index in [1.807, 2.05) is 22.6 Å². The predicted octanol–water partition coefficient (Wildman–Crippen LogP) is 3.74. The Balaban J connectivity index is 3.32. The van der Waals surface area contributed by atoms with Gasteiger partial charge in [0.1, 0.15) is 0 Å². The molecule has 0 saturated carbocycles. The Kier molecular flexibility index (Phi) is 3.58. The Morgan fingerprint density at radius 2 is 2.00 bits per heavy atom. The van der Waals surface area contributed by atoms with E-state index in [0.717, 1.165) is 0 Å². The molecule has 0 spiro atoms. The fraction of sp³-hybridized carbons (Fsp3) is 0.300. The second kappa shape index (κ2) is 4.33. The van der Waals surface area contributed by atoms with Crippen molar-refractivity contribution < 1.29 is 13.6 Å². The highest BCUT2D eigenvalue weighted by Crippen LogP contribution is 2.28. The summed E-state index contributed by atoms with van der Waals surface area (Å²) >= 11 is 1.83. The topological polar surface area (TPSA) is 17.1 Å². The van der Waals surface area contributed by atoms with E-state index in [1.165, 1.54) is 19.1 Å². The quantitative estimate of drug-likeness (QED) is 0.601. The molecular weight excluding hydrogens is 301 g/mol. The summed E-state index contributed by atoms with van der Waals surface area (Å²) in [6.45, 7) is 3.02. The molecule has 76 valence electrons. The molecule has 1 aromatic rings. The second-order valence-electron chi connectivity index (χ2n) is 3.05. The molecule has 0 amide bonds. The number of benzene rings is 1. The summed E-state index contributed by atoms with van der Waals surface area (Å²) in [5.41, 5.74) is 0.976. The highest BCUT2D eigenvalue weighted by atomic mass is 127. The largest absolute Gasteiger partial charge is 0.295 e. The van der Waals surface area contributed by atoms with Gasteiger partial charge in [-0.1, -0.05) is 0 Å². The van der Waals surface area contributed by atoms with Crippen molar-refractivity contribution in [2.75, 3.05) is 0 Å². The first-order valence-corrected chi connectivity index (χ1v) is 5.10. The lowest BCUT2D eigenvalue weighted by Gasteiger charge is -2.09. The third kappa shape index (κ3) is 2.29. The van der Waals surface area contributed by atoms with Crippen LogP contribution in [0.25, 0.3) is 0 Å². The molecule has 0 radical (unpaired) electrons. The fourth-order valence-corrected chi connectivity index (χ4v) is 2.23. The second-order valence-corrected chi connectivity index (χ2v) is 4.21. The molecule has 1 aromatic carbocycles. The van der Waals surface area contributed by atoms with E-state index in [1.54, 1.807) is 6.92 Å². The fourth-order valence-electron chi connectivity index (χ4n) is 1.23. The Morgan fingerprint density at radius 3 is 2.36 bits per heavy atom. The van der Waals surface area contributed by atoms with Gasteiger partial charge in [-0.25, -0.2) is 8.78 Å². The molecule has 1 nitrogen and oxygen atoms in total. The molecule has 0 atom stereocenters. The number of Topliss-reactive ketones (excluding diaryl/α,β-unsaturated/α-hetero) is 1. The van der Waals surface area contributed by atoms with Gasteiger partial charge in [0.15, 0.2) is 5.78 Å². The van der Waals surface area contributed by atoms with Gasteiger partial charge in [-0.3, -0.25) is 4.79 Å². The Labute approximate surface area is 94.6 Å². The average molecular weight is 310 g/mol. The van der Waals surface area contributed by atoms with Crippen molar-refractivity contribution in [3.05, 3.63) is 32.4 Å². The molecular formula is C10H9F2IO. The van der Waals surface area contributed by atoms with E-state index in [2.05, 4.69) is 0 Å². The van der Waals surface area contributed by atoms with Crippen LogP contribution in [0.5, 0.6) is 0 Å². The summed E-state index contributed by atoms with van der Waals surface area (Å²) in [6, 6.07) is 3.00. The van der Waals surface area contributed by atoms with Crippen LogP contribution in [0.1, 0.15) is 34.8 Å². The number of ketones is 1. The summed E-state index contributed by atoms with van der Waals surface area (Å²) in [5, 5.41) is 0. The van der Waals surface area contributed by atoms with Crippen LogP contribution in [0.4, 0.5) is 8.78 Å². The normalized spacial score (nSPS) is 10.7. The standard InChI is InChI=1S/C10H9F2IO/c1-5-3-7(6(2)14)4-8(13)9(5)10(11)12/h3-4,10H,1-2H3. The van der Waals surface area contributed by atoms with E-state index in [-0.39, 0.29) is 11.3 Å². The smallest absolute Gasteiger partial charge is 0.265 e. The number of hydrogen-bond donors (Lipinski definition) is 0. The Hall–Kier alpha value is -0.520. The van der Waals surface area contributed by atoms with Crippen molar-refractivity contribution >= 4 is 28.4 Å². The summed E-state index contributed by atoms with van der Waals surface area (Å²) < 4.78 is 25.5. The molecule has 0 aliphatic rings. The van der Waals surface area contributed by atoms with E-state index in [0.29, 0.717) is 14.7 Å². The molecule has 0 unspecified atom stereocenters. The van der Waals surface area contributed by atoms with Crippen molar-refractivity contribution in [3.63, 3.8) is 0 Å². The molecule has 0 bridgehead atoms.